The van der Waals surface area contributed by atoms with Gasteiger partial charge in [-0.2, -0.15) is 0 Å². The average Bonchev–Trinajstić information content (AvgIpc) is 2.63. The predicted octanol–water partition coefficient (Wildman–Crippen LogP) is 3.50. The molecule has 148 valence electrons. The summed E-state index contributed by atoms with van der Waals surface area (Å²) in [6.45, 7) is 3.92. The summed E-state index contributed by atoms with van der Waals surface area (Å²) in [5.41, 5.74) is 1.73. The lowest BCUT2D eigenvalue weighted by molar-refractivity contribution is 0.370. The van der Waals surface area contributed by atoms with Crippen molar-refractivity contribution in [3.05, 3.63) is 59.4 Å². The largest absolute Gasteiger partial charge is 0.504 e. The van der Waals surface area contributed by atoms with E-state index in [0.29, 0.717) is 37.6 Å². The monoisotopic (exact) mass is 487 g/mol. The van der Waals surface area contributed by atoms with E-state index in [1.54, 1.807) is 12.1 Å². The highest BCUT2D eigenvalue weighted by Gasteiger charge is 2.07. The molecule has 2 aromatic rings. The van der Waals surface area contributed by atoms with E-state index in [2.05, 4.69) is 15.6 Å². The molecule has 2 aromatic carbocycles. The molecule has 0 aliphatic carbocycles. The highest BCUT2D eigenvalue weighted by molar-refractivity contribution is 14.0. The van der Waals surface area contributed by atoms with Crippen LogP contribution in [0.3, 0.4) is 0 Å². The first-order chi connectivity index (χ1) is 12.6. The number of methoxy groups -OCH3 is 1. The third-order valence-electron chi connectivity index (χ3n) is 3.89. The molecule has 27 heavy (non-hydrogen) atoms. The Bertz CT molecular complexity index is 741. The van der Waals surface area contributed by atoms with Crippen molar-refractivity contribution < 1.29 is 14.2 Å². The summed E-state index contributed by atoms with van der Waals surface area (Å²) in [6.07, 6.45) is 1.31. The average molecular weight is 487 g/mol. The molecule has 0 spiro atoms. The van der Waals surface area contributed by atoms with Crippen LogP contribution >= 0.6 is 24.0 Å². The van der Waals surface area contributed by atoms with E-state index < -0.39 is 0 Å². The number of phenols is 1. The molecule has 0 aromatic heterocycles. The lowest BCUT2D eigenvalue weighted by Gasteiger charge is -2.12. The summed E-state index contributed by atoms with van der Waals surface area (Å²) < 4.78 is 18.3. The number of rotatable bonds is 8. The van der Waals surface area contributed by atoms with Gasteiger partial charge in [-0.1, -0.05) is 24.3 Å². The molecule has 0 atom stereocenters. The molecule has 0 heterocycles. The smallest absolute Gasteiger partial charge is 0.191 e. The molecule has 0 saturated heterocycles. The Morgan fingerprint density at radius 3 is 2.63 bits per heavy atom. The Labute approximate surface area is 177 Å². The van der Waals surface area contributed by atoms with Crippen LogP contribution in [0.15, 0.2) is 47.5 Å². The zero-order chi connectivity index (χ0) is 18.8. The number of guanidine groups is 1. The lowest BCUT2D eigenvalue weighted by atomic mass is 10.1. The molecule has 7 heteroatoms. The number of hydrogen-bond acceptors (Lipinski definition) is 3. The summed E-state index contributed by atoms with van der Waals surface area (Å²) in [4.78, 5) is 4.52. The number of halogens is 2. The summed E-state index contributed by atoms with van der Waals surface area (Å²) in [5, 5.41) is 16.5. The normalized spacial score (nSPS) is 10.9. The Kier molecular flexibility index (Phi) is 10.5. The van der Waals surface area contributed by atoms with Crippen molar-refractivity contribution in [3.63, 3.8) is 0 Å². The van der Waals surface area contributed by atoms with Gasteiger partial charge < -0.3 is 20.5 Å². The van der Waals surface area contributed by atoms with Crippen molar-refractivity contribution in [1.29, 1.82) is 0 Å². The van der Waals surface area contributed by atoms with Gasteiger partial charge in [-0.3, -0.25) is 4.99 Å². The maximum absolute atomic E-state index is 13.2. The van der Waals surface area contributed by atoms with E-state index in [4.69, 9.17) is 4.74 Å². The Hall–Kier alpha value is -2.03. The SMILES string of the molecule is CCNC(=NCCc1cccc(OC)c1O)NCCc1cccc(F)c1.I. The molecule has 0 amide bonds. The first-order valence-electron chi connectivity index (χ1n) is 8.75. The number of phenolic OH excluding ortho intramolecular Hbond substituents is 1. The zero-order valence-electron chi connectivity index (χ0n) is 15.7. The van der Waals surface area contributed by atoms with E-state index >= 15 is 0 Å². The molecular formula is C20H27FIN3O2. The quantitative estimate of drug-likeness (QED) is 0.303. The van der Waals surface area contributed by atoms with Crippen molar-refractivity contribution >= 4 is 29.9 Å². The number of hydrogen-bond donors (Lipinski definition) is 3. The molecule has 0 saturated carbocycles. The molecular weight excluding hydrogens is 460 g/mol. The Morgan fingerprint density at radius 1 is 1.15 bits per heavy atom. The van der Waals surface area contributed by atoms with Crippen LogP contribution in [-0.2, 0) is 12.8 Å². The second-order valence-corrected chi connectivity index (χ2v) is 5.79. The Balaban J connectivity index is 0.00000364. The van der Waals surface area contributed by atoms with Crippen molar-refractivity contribution in [1.82, 2.24) is 10.6 Å². The van der Waals surface area contributed by atoms with Crippen LogP contribution in [-0.4, -0.2) is 37.8 Å². The highest BCUT2D eigenvalue weighted by atomic mass is 127. The third kappa shape index (κ3) is 7.62. The van der Waals surface area contributed by atoms with E-state index in [-0.39, 0.29) is 35.5 Å². The number of para-hydroxylation sites is 1. The number of aromatic hydroxyl groups is 1. The van der Waals surface area contributed by atoms with Gasteiger partial charge in [0.1, 0.15) is 5.82 Å². The molecule has 2 rings (SSSR count). The van der Waals surface area contributed by atoms with Gasteiger partial charge in [0.15, 0.2) is 17.5 Å². The standard InChI is InChI=1S/C20H26FN3O2.HI/c1-3-22-20(23-12-10-15-6-4-8-17(21)14-15)24-13-11-16-7-5-9-18(26-2)19(16)25;/h4-9,14,25H,3,10-13H2,1-2H3,(H2,22,23,24);1H. The molecule has 0 aliphatic heterocycles. The van der Waals surface area contributed by atoms with Crippen molar-refractivity contribution in [2.45, 2.75) is 19.8 Å². The van der Waals surface area contributed by atoms with E-state index in [9.17, 15) is 9.50 Å². The fourth-order valence-electron chi connectivity index (χ4n) is 2.58. The molecule has 5 nitrogen and oxygen atoms in total. The van der Waals surface area contributed by atoms with Gasteiger partial charge in [0.2, 0.25) is 0 Å². The maximum Gasteiger partial charge on any atom is 0.191 e. The highest BCUT2D eigenvalue weighted by Crippen LogP contribution is 2.29. The number of ether oxygens (including phenoxy) is 1. The van der Waals surface area contributed by atoms with Crippen LogP contribution in [0, 0.1) is 5.82 Å². The van der Waals surface area contributed by atoms with Crippen LogP contribution < -0.4 is 15.4 Å². The molecule has 0 bridgehead atoms. The fraction of sp³-hybridized carbons (Fsp3) is 0.350. The summed E-state index contributed by atoms with van der Waals surface area (Å²) in [6, 6.07) is 12.0. The summed E-state index contributed by atoms with van der Waals surface area (Å²) >= 11 is 0. The van der Waals surface area contributed by atoms with E-state index in [1.165, 1.54) is 19.2 Å². The Morgan fingerprint density at radius 2 is 1.93 bits per heavy atom. The molecule has 0 fully saturated rings. The van der Waals surface area contributed by atoms with E-state index in [1.807, 2.05) is 25.1 Å². The molecule has 0 unspecified atom stereocenters. The van der Waals surface area contributed by atoms with Gasteiger partial charge in [0.25, 0.3) is 0 Å². The minimum atomic E-state index is -0.221. The number of aliphatic imine (C=N–C) groups is 1. The van der Waals surface area contributed by atoms with Gasteiger partial charge in [-0.25, -0.2) is 4.39 Å². The lowest BCUT2D eigenvalue weighted by Crippen LogP contribution is -2.38. The van der Waals surface area contributed by atoms with Crippen molar-refractivity contribution in [3.8, 4) is 11.5 Å². The van der Waals surface area contributed by atoms with Crippen molar-refractivity contribution in [2.75, 3.05) is 26.7 Å². The first kappa shape index (κ1) is 23.0. The van der Waals surface area contributed by atoms with Gasteiger partial charge >= 0.3 is 0 Å². The summed E-state index contributed by atoms with van der Waals surface area (Å²) in [7, 11) is 1.53. The minimum Gasteiger partial charge on any atom is -0.504 e. The predicted molar refractivity (Wildman–Crippen MR) is 118 cm³/mol. The second-order valence-electron chi connectivity index (χ2n) is 5.79. The van der Waals surface area contributed by atoms with Crippen LogP contribution in [0.5, 0.6) is 11.5 Å². The van der Waals surface area contributed by atoms with Crippen LogP contribution in [0.2, 0.25) is 0 Å². The fourth-order valence-corrected chi connectivity index (χ4v) is 2.58. The second kappa shape index (κ2) is 12.4. The minimum absolute atomic E-state index is 0. The maximum atomic E-state index is 13.2. The molecule has 0 aliphatic rings. The van der Waals surface area contributed by atoms with Gasteiger partial charge in [0, 0.05) is 19.6 Å². The van der Waals surface area contributed by atoms with Crippen LogP contribution in [0.4, 0.5) is 4.39 Å². The number of benzene rings is 2. The molecule has 0 radical (unpaired) electrons. The van der Waals surface area contributed by atoms with Gasteiger partial charge in [-0.05, 0) is 49.1 Å². The molecule has 3 N–H and O–H groups in total. The number of nitrogens with zero attached hydrogens (tertiary/aromatic N) is 1. The van der Waals surface area contributed by atoms with Crippen molar-refractivity contribution in [2.24, 2.45) is 4.99 Å². The summed E-state index contributed by atoms with van der Waals surface area (Å²) in [5.74, 6) is 1.10. The van der Waals surface area contributed by atoms with E-state index in [0.717, 1.165) is 17.7 Å². The van der Waals surface area contributed by atoms with Gasteiger partial charge in [0.05, 0.1) is 7.11 Å². The van der Waals surface area contributed by atoms with Gasteiger partial charge in [-0.15, -0.1) is 24.0 Å². The first-order valence-corrected chi connectivity index (χ1v) is 8.75. The van der Waals surface area contributed by atoms with Crippen LogP contribution in [0.1, 0.15) is 18.1 Å². The van der Waals surface area contributed by atoms with Crippen LogP contribution in [0.25, 0.3) is 0 Å². The topological polar surface area (TPSA) is 65.9 Å². The third-order valence-corrected chi connectivity index (χ3v) is 3.89. The number of nitrogens with one attached hydrogen (secondary N) is 2. The zero-order valence-corrected chi connectivity index (χ0v) is 18.0.